The fourth-order valence-electron chi connectivity index (χ4n) is 4.13. The summed E-state index contributed by atoms with van der Waals surface area (Å²) >= 11 is 1.62. The van der Waals surface area contributed by atoms with E-state index in [2.05, 4.69) is 33.6 Å². The second kappa shape index (κ2) is 11.7. The highest BCUT2D eigenvalue weighted by atomic mass is 32.2. The van der Waals surface area contributed by atoms with E-state index in [4.69, 9.17) is 9.47 Å². The number of thioether (sulfide) groups is 1. The maximum atomic E-state index is 12.8. The average molecular weight is 496 g/mol. The number of nitrogens with zero attached hydrogens (tertiary/aromatic N) is 5. The molecule has 35 heavy (non-hydrogen) atoms. The molecular formula is C26H33N5O3S. The van der Waals surface area contributed by atoms with Gasteiger partial charge in [0.1, 0.15) is 5.75 Å². The normalized spacial score (nSPS) is 15.3. The number of methoxy groups -OCH3 is 2. The van der Waals surface area contributed by atoms with Crippen LogP contribution in [0.4, 0.5) is 0 Å². The second-order valence-electron chi connectivity index (χ2n) is 8.79. The molecule has 1 saturated heterocycles. The Labute approximate surface area is 211 Å². The highest BCUT2D eigenvalue weighted by Gasteiger charge is 2.21. The molecule has 3 aromatic rings. The van der Waals surface area contributed by atoms with Crippen LogP contribution in [0, 0.1) is 0 Å². The standard InChI is InChI=1S/C26H33N5O3S/c1-19(17-33-3)31-24(22-6-5-7-23(16-22)34-4)27-28-26(31)35-18-20-8-10-21(11-9-20)25(32)30-14-12-29(2)13-15-30/h5-11,16,19H,12-15,17-18H2,1-4H3. The summed E-state index contributed by atoms with van der Waals surface area (Å²) < 4.78 is 12.9. The number of aromatic nitrogens is 3. The molecule has 1 aliphatic heterocycles. The molecule has 0 radical (unpaired) electrons. The van der Waals surface area contributed by atoms with Crippen molar-refractivity contribution < 1.29 is 14.3 Å². The average Bonchev–Trinajstić information content (AvgIpc) is 3.32. The van der Waals surface area contributed by atoms with Crippen molar-refractivity contribution in [1.29, 1.82) is 0 Å². The lowest BCUT2D eigenvalue weighted by molar-refractivity contribution is 0.0664. The summed E-state index contributed by atoms with van der Waals surface area (Å²) in [7, 11) is 5.44. The van der Waals surface area contributed by atoms with Crippen LogP contribution in [0.1, 0.15) is 28.9 Å². The molecule has 1 fully saturated rings. The Morgan fingerprint density at radius 1 is 1.06 bits per heavy atom. The smallest absolute Gasteiger partial charge is 0.253 e. The number of amides is 1. The van der Waals surface area contributed by atoms with Crippen molar-refractivity contribution in [2.75, 3.05) is 54.1 Å². The molecule has 1 unspecified atom stereocenters. The molecule has 4 rings (SSSR count). The van der Waals surface area contributed by atoms with Crippen LogP contribution in [-0.2, 0) is 10.5 Å². The van der Waals surface area contributed by atoms with E-state index in [1.165, 1.54) is 0 Å². The van der Waals surface area contributed by atoms with E-state index in [0.29, 0.717) is 6.61 Å². The minimum Gasteiger partial charge on any atom is -0.497 e. The zero-order chi connectivity index (χ0) is 24.8. The predicted molar refractivity (Wildman–Crippen MR) is 138 cm³/mol. The second-order valence-corrected chi connectivity index (χ2v) is 9.74. The van der Waals surface area contributed by atoms with Gasteiger partial charge in [0.2, 0.25) is 0 Å². The van der Waals surface area contributed by atoms with Gasteiger partial charge in [0.25, 0.3) is 5.91 Å². The summed E-state index contributed by atoms with van der Waals surface area (Å²) in [5.41, 5.74) is 2.81. The fraction of sp³-hybridized carbons (Fsp3) is 0.423. The minimum absolute atomic E-state index is 0.0577. The summed E-state index contributed by atoms with van der Waals surface area (Å²) in [4.78, 5) is 17.0. The molecule has 0 bridgehead atoms. The monoisotopic (exact) mass is 495 g/mol. The topological polar surface area (TPSA) is 72.7 Å². The van der Waals surface area contributed by atoms with Crippen LogP contribution in [-0.4, -0.2) is 84.5 Å². The fourth-order valence-corrected chi connectivity index (χ4v) is 5.12. The van der Waals surface area contributed by atoms with Crippen LogP contribution in [0.5, 0.6) is 5.75 Å². The van der Waals surface area contributed by atoms with E-state index < -0.39 is 0 Å². The van der Waals surface area contributed by atoms with E-state index in [9.17, 15) is 4.79 Å². The van der Waals surface area contributed by atoms with Crippen LogP contribution in [0.3, 0.4) is 0 Å². The minimum atomic E-state index is 0.0577. The lowest BCUT2D eigenvalue weighted by Crippen LogP contribution is -2.47. The van der Waals surface area contributed by atoms with E-state index in [1.807, 2.05) is 53.4 Å². The van der Waals surface area contributed by atoms with Crippen molar-refractivity contribution >= 4 is 17.7 Å². The summed E-state index contributed by atoms with van der Waals surface area (Å²) in [6, 6.07) is 15.8. The van der Waals surface area contributed by atoms with E-state index >= 15 is 0 Å². The number of likely N-dealkylation sites (N-methyl/N-ethyl adjacent to an activating group) is 1. The molecule has 186 valence electrons. The van der Waals surface area contributed by atoms with Crippen LogP contribution >= 0.6 is 11.8 Å². The first-order valence-corrected chi connectivity index (χ1v) is 12.8. The van der Waals surface area contributed by atoms with Gasteiger partial charge < -0.3 is 19.3 Å². The molecular weight excluding hydrogens is 462 g/mol. The quantitative estimate of drug-likeness (QED) is 0.418. The Balaban J connectivity index is 1.48. The van der Waals surface area contributed by atoms with Gasteiger partial charge in [0.05, 0.1) is 19.8 Å². The number of carbonyl (C=O) groups excluding carboxylic acids is 1. The number of carbonyl (C=O) groups is 1. The molecule has 0 spiro atoms. The third-order valence-corrected chi connectivity index (χ3v) is 7.21. The molecule has 1 atom stereocenters. The molecule has 2 aromatic carbocycles. The lowest BCUT2D eigenvalue weighted by atomic mass is 10.1. The van der Waals surface area contributed by atoms with Gasteiger partial charge in [-0.25, -0.2) is 0 Å². The lowest BCUT2D eigenvalue weighted by Gasteiger charge is -2.32. The van der Waals surface area contributed by atoms with E-state index in [1.54, 1.807) is 26.0 Å². The molecule has 2 heterocycles. The highest BCUT2D eigenvalue weighted by molar-refractivity contribution is 7.98. The first-order chi connectivity index (χ1) is 17.0. The first-order valence-electron chi connectivity index (χ1n) is 11.8. The van der Waals surface area contributed by atoms with Gasteiger partial charge in [0, 0.05) is 50.2 Å². The molecule has 0 N–H and O–H groups in total. The maximum Gasteiger partial charge on any atom is 0.253 e. The summed E-state index contributed by atoms with van der Waals surface area (Å²) in [5.74, 6) is 2.38. The van der Waals surface area contributed by atoms with Crippen molar-refractivity contribution in [2.45, 2.75) is 23.9 Å². The van der Waals surface area contributed by atoms with Crippen LogP contribution in [0.25, 0.3) is 11.4 Å². The number of hydrogen-bond acceptors (Lipinski definition) is 7. The molecule has 1 amide bonds. The van der Waals surface area contributed by atoms with Crippen molar-refractivity contribution in [3.63, 3.8) is 0 Å². The van der Waals surface area contributed by atoms with Gasteiger partial charge >= 0.3 is 0 Å². The van der Waals surface area contributed by atoms with Crippen LogP contribution < -0.4 is 4.74 Å². The largest absolute Gasteiger partial charge is 0.497 e. The van der Waals surface area contributed by atoms with Gasteiger partial charge in [-0.15, -0.1) is 10.2 Å². The summed E-state index contributed by atoms with van der Waals surface area (Å²) in [6.07, 6.45) is 0. The molecule has 1 aromatic heterocycles. The number of benzene rings is 2. The Hall–Kier alpha value is -2.88. The number of piperazine rings is 1. The van der Waals surface area contributed by atoms with Crippen molar-refractivity contribution in [3.05, 3.63) is 59.7 Å². The zero-order valence-electron chi connectivity index (χ0n) is 20.8. The van der Waals surface area contributed by atoms with Crippen LogP contribution in [0.2, 0.25) is 0 Å². The van der Waals surface area contributed by atoms with E-state index in [0.717, 1.165) is 65.4 Å². The van der Waals surface area contributed by atoms with E-state index in [-0.39, 0.29) is 11.9 Å². The molecule has 8 nitrogen and oxygen atoms in total. The number of rotatable bonds is 9. The van der Waals surface area contributed by atoms with Gasteiger partial charge in [-0.1, -0.05) is 36.0 Å². The zero-order valence-corrected chi connectivity index (χ0v) is 21.6. The third kappa shape index (κ3) is 6.04. The highest BCUT2D eigenvalue weighted by Crippen LogP contribution is 2.31. The maximum absolute atomic E-state index is 12.8. The molecule has 9 heteroatoms. The third-order valence-electron chi connectivity index (χ3n) is 6.20. The SMILES string of the molecule is COCC(C)n1c(SCc2ccc(C(=O)N3CCN(C)CC3)cc2)nnc1-c1cccc(OC)c1. The van der Waals surface area contributed by atoms with Gasteiger partial charge in [-0.2, -0.15) is 0 Å². The van der Waals surface area contributed by atoms with Crippen LogP contribution in [0.15, 0.2) is 53.7 Å². The number of hydrogen-bond donors (Lipinski definition) is 0. The van der Waals surface area contributed by atoms with Crippen molar-refractivity contribution in [3.8, 4) is 17.1 Å². The summed E-state index contributed by atoms with van der Waals surface area (Å²) in [5, 5.41) is 9.82. The first kappa shape index (κ1) is 25.2. The van der Waals surface area contributed by atoms with Gasteiger partial charge in [0.15, 0.2) is 11.0 Å². The predicted octanol–water partition coefficient (Wildman–Crippen LogP) is 3.84. The Bertz CT molecular complexity index is 1130. The summed E-state index contributed by atoms with van der Waals surface area (Å²) in [6.45, 7) is 6.03. The number of ether oxygens (including phenoxy) is 2. The van der Waals surface area contributed by atoms with Gasteiger partial charge in [-0.05, 0) is 43.8 Å². The Morgan fingerprint density at radius 2 is 1.80 bits per heavy atom. The molecule has 0 saturated carbocycles. The molecule has 0 aliphatic carbocycles. The van der Waals surface area contributed by atoms with Crippen molar-refractivity contribution in [2.24, 2.45) is 0 Å². The Kier molecular flexibility index (Phi) is 8.43. The molecule has 1 aliphatic rings. The van der Waals surface area contributed by atoms with Crippen molar-refractivity contribution in [1.82, 2.24) is 24.6 Å². The van der Waals surface area contributed by atoms with Gasteiger partial charge in [-0.3, -0.25) is 9.36 Å². The Morgan fingerprint density at radius 3 is 2.49 bits per heavy atom.